The highest BCUT2D eigenvalue weighted by Gasteiger charge is 2.13. The molecule has 1 heterocycles. The van der Waals surface area contributed by atoms with Crippen LogP contribution < -0.4 is 5.32 Å². The molecule has 1 saturated heterocycles. The molecule has 0 spiro atoms. The molecule has 19 heavy (non-hydrogen) atoms. The lowest BCUT2D eigenvalue weighted by molar-refractivity contribution is -0.120. The van der Waals surface area contributed by atoms with Crippen LogP contribution in [-0.4, -0.2) is 25.7 Å². The van der Waals surface area contributed by atoms with Crippen molar-refractivity contribution in [1.82, 2.24) is 5.32 Å². The predicted molar refractivity (Wildman–Crippen MR) is 71.3 cm³/mol. The molecule has 1 N–H and O–H groups in total. The van der Waals surface area contributed by atoms with Crippen molar-refractivity contribution in [3.8, 4) is 0 Å². The van der Waals surface area contributed by atoms with Crippen molar-refractivity contribution < 1.29 is 13.9 Å². The first-order chi connectivity index (χ1) is 9.24. The second kappa shape index (κ2) is 7.24. The number of rotatable bonds is 5. The average molecular weight is 265 g/mol. The van der Waals surface area contributed by atoms with E-state index in [-0.39, 0.29) is 11.7 Å². The molecule has 1 amide bonds. The Morgan fingerprint density at radius 3 is 2.63 bits per heavy atom. The van der Waals surface area contributed by atoms with Crippen molar-refractivity contribution >= 4 is 5.91 Å². The number of benzene rings is 1. The second-order valence-electron chi connectivity index (χ2n) is 5.00. The molecule has 0 saturated carbocycles. The minimum atomic E-state index is -0.274. The van der Waals surface area contributed by atoms with Gasteiger partial charge in [0.15, 0.2) is 0 Å². The third-order valence-corrected chi connectivity index (χ3v) is 3.49. The molecule has 3 nitrogen and oxygen atoms in total. The highest BCUT2D eigenvalue weighted by Crippen LogP contribution is 2.17. The number of carbonyl (C=O) groups is 1. The summed E-state index contributed by atoms with van der Waals surface area (Å²) in [4.78, 5) is 11.7. The van der Waals surface area contributed by atoms with E-state index in [0.29, 0.717) is 18.9 Å². The maximum Gasteiger partial charge on any atom is 0.224 e. The Bertz CT molecular complexity index is 399. The lowest BCUT2D eigenvalue weighted by Gasteiger charge is -2.21. The molecular formula is C15H20FNO2. The molecule has 1 aromatic rings. The number of carbonyl (C=O) groups excluding carboxylic acids is 1. The van der Waals surface area contributed by atoms with Crippen LogP contribution in [0.4, 0.5) is 4.39 Å². The van der Waals surface area contributed by atoms with E-state index in [1.165, 1.54) is 12.1 Å². The number of nitrogens with one attached hydrogen (secondary N) is 1. The van der Waals surface area contributed by atoms with Gasteiger partial charge in [-0.2, -0.15) is 0 Å². The fourth-order valence-corrected chi connectivity index (χ4v) is 2.30. The predicted octanol–water partition coefficient (Wildman–Crippen LogP) is 2.30. The summed E-state index contributed by atoms with van der Waals surface area (Å²) >= 11 is 0. The van der Waals surface area contributed by atoms with E-state index in [1.807, 2.05) is 0 Å². The Hall–Kier alpha value is -1.42. The second-order valence-corrected chi connectivity index (χ2v) is 5.00. The van der Waals surface area contributed by atoms with Crippen LogP contribution in [0.25, 0.3) is 0 Å². The van der Waals surface area contributed by atoms with Gasteiger partial charge in [-0.05, 0) is 42.9 Å². The summed E-state index contributed by atoms with van der Waals surface area (Å²) < 4.78 is 18.0. The van der Waals surface area contributed by atoms with E-state index >= 15 is 0 Å². The molecule has 0 bridgehead atoms. The summed E-state index contributed by atoms with van der Waals surface area (Å²) in [5.74, 6) is 0.391. The van der Waals surface area contributed by atoms with Gasteiger partial charge in [-0.25, -0.2) is 4.39 Å². The van der Waals surface area contributed by atoms with Crippen LogP contribution in [0.15, 0.2) is 24.3 Å². The van der Waals surface area contributed by atoms with Gasteiger partial charge in [-0.3, -0.25) is 4.79 Å². The van der Waals surface area contributed by atoms with E-state index < -0.39 is 0 Å². The summed E-state index contributed by atoms with van der Waals surface area (Å²) in [5, 5.41) is 2.92. The van der Waals surface area contributed by atoms with Gasteiger partial charge in [0.05, 0.1) is 6.42 Å². The number of amides is 1. The zero-order chi connectivity index (χ0) is 13.5. The molecule has 1 fully saturated rings. The largest absolute Gasteiger partial charge is 0.381 e. The molecule has 1 aromatic carbocycles. The maximum atomic E-state index is 12.7. The minimum Gasteiger partial charge on any atom is -0.381 e. The molecule has 1 aliphatic heterocycles. The normalized spacial score (nSPS) is 16.3. The van der Waals surface area contributed by atoms with Gasteiger partial charge >= 0.3 is 0 Å². The van der Waals surface area contributed by atoms with Crippen LogP contribution >= 0.6 is 0 Å². The number of ether oxygens (including phenoxy) is 1. The molecule has 2 rings (SSSR count). The lowest BCUT2D eigenvalue weighted by Crippen LogP contribution is -2.28. The van der Waals surface area contributed by atoms with E-state index in [4.69, 9.17) is 4.74 Å². The van der Waals surface area contributed by atoms with E-state index in [1.54, 1.807) is 12.1 Å². The third-order valence-electron chi connectivity index (χ3n) is 3.49. The quantitative estimate of drug-likeness (QED) is 0.887. The summed E-state index contributed by atoms with van der Waals surface area (Å²) in [7, 11) is 0. The van der Waals surface area contributed by atoms with E-state index in [0.717, 1.165) is 38.0 Å². The Balaban J connectivity index is 1.65. The summed E-state index contributed by atoms with van der Waals surface area (Å²) in [5.41, 5.74) is 0.838. The number of hydrogen-bond acceptors (Lipinski definition) is 2. The first-order valence-corrected chi connectivity index (χ1v) is 6.83. The standard InChI is InChI=1S/C15H20FNO2/c16-14-3-1-13(2-4-14)11-15(18)17-8-5-12-6-9-19-10-7-12/h1-4,12H,5-11H2,(H,17,18). The van der Waals surface area contributed by atoms with Crippen LogP contribution in [0, 0.1) is 11.7 Å². The summed E-state index contributed by atoms with van der Waals surface area (Å²) in [6.07, 6.45) is 3.51. The van der Waals surface area contributed by atoms with Crippen molar-refractivity contribution in [2.75, 3.05) is 19.8 Å². The highest BCUT2D eigenvalue weighted by molar-refractivity contribution is 5.78. The van der Waals surface area contributed by atoms with Gasteiger partial charge in [-0.1, -0.05) is 12.1 Å². The molecule has 4 heteroatoms. The van der Waals surface area contributed by atoms with Crippen molar-refractivity contribution in [2.45, 2.75) is 25.7 Å². The topological polar surface area (TPSA) is 38.3 Å². The van der Waals surface area contributed by atoms with Gasteiger partial charge < -0.3 is 10.1 Å². The van der Waals surface area contributed by atoms with Gasteiger partial charge in [0, 0.05) is 19.8 Å². The molecule has 0 aromatic heterocycles. The molecule has 0 atom stereocenters. The van der Waals surface area contributed by atoms with E-state index in [9.17, 15) is 9.18 Å². The van der Waals surface area contributed by atoms with Crippen LogP contribution in [0.5, 0.6) is 0 Å². The van der Waals surface area contributed by atoms with Crippen molar-refractivity contribution in [2.24, 2.45) is 5.92 Å². The van der Waals surface area contributed by atoms with Crippen molar-refractivity contribution in [1.29, 1.82) is 0 Å². The molecule has 0 aliphatic carbocycles. The Kier molecular flexibility index (Phi) is 5.33. The third kappa shape index (κ3) is 4.99. The zero-order valence-corrected chi connectivity index (χ0v) is 11.0. The highest BCUT2D eigenvalue weighted by atomic mass is 19.1. The van der Waals surface area contributed by atoms with Gasteiger partial charge in [0.25, 0.3) is 0 Å². The molecule has 104 valence electrons. The number of hydrogen-bond donors (Lipinski definition) is 1. The van der Waals surface area contributed by atoms with Crippen molar-refractivity contribution in [3.05, 3.63) is 35.6 Å². The first-order valence-electron chi connectivity index (χ1n) is 6.83. The Labute approximate surface area is 113 Å². The molecule has 0 radical (unpaired) electrons. The summed E-state index contributed by atoms with van der Waals surface area (Å²) in [6.45, 7) is 2.40. The molecule has 0 unspecified atom stereocenters. The van der Waals surface area contributed by atoms with Crippen LogP contribution in [-0.2, 0) is 16.0 Å². The monoisotopic (exact) mass is 265 g/mol. The Morgan fingerprint density at radius 2 is 1.95 bits per heavy atom. The smallest absolute Gasteiger partial charge is 0.224 e. The first kappa shape index (κ1) is 14.0. The molecular weight excluding hydrogens is 245 g/mol. The zero-order valence-electron chi connectivity index (χ0n) is 11.0. The average Bonchev–Trinajstić information content (AvgIpc) is 2.43. The fourth-order valence-electron chi connectivity index (χ4n) is 2.30. The fraction of sp³-hybridized carbons (Fsp3) is 0.533. The minimum absolute atomic E-state index is 0.00123. The van der Waals surface area contributed by atoms with Crippen molar-refractivity contribution in [3.63, 3.8) is 0 Å². The van der Waals surface area contributed by atoms with Crippen LogP contribution in [0.2, 0.25) is 0 Å². The van der Waals surface area contributed by atoms with E-state index in [2.05, 4.69) is 5.32 Å². The van der Waals surface area contributed by atoms with Crippen LogP contribution in [0.1, 0.15) is 24.8 Å². The van der Waals surface area contributed by atoms with Gasteiger partial charge in [0.2, 0.25) is 5.91 Å². The van der Waals surface area contributed by atoms with Crippen LogP contribution in [0.3, 0.4) is 0 Å². The molecule has 1 aliphatic rings. The SMILES string of the molecule is O=C(Cc1ccc(F)cc1)NCCC1CCOCC1. The van der Waals surface area contributed by atoms with Gasteiger partial charge in [0.1, 0.15) is 5.82 Å². The van der Waals surface area contributed by atoms with Gasteiger partial charge in [-0.15, -0.1) is 0 Å². The number of halogens is 1. The lowest BCUT2D eigenvalue weighted by atomic mass is 9.97. The Morgan fingerprint density at radius 1 is 1.26 bits per heavy atom. The maximum absolute atomic E-state index is 12.7. The summed E-state index contributed by atoms with van der Waals surface area (Å²) in [6, 6.07) is 6.05.